The second kappa shape index (κ2) is 9.29. The number of piperidine rings is 1. The lowest BCUT2D eigenvalue weighted by Gasteiger charge is -2.34. The molecular formula is C24H24F5NO3. The average molecular weight is 469 g/mol. The van der Waals surface area contributed by atoms with Gasteiger partial charge in [0.1, 0.15) is 23.5 Å². The van der Waals surface area contributed by atoms with E-state index in [2.05, 4.69) is 4.74 Å². The van der Waals surface area contributed by atoms with Gasteiger partial charge in [-0.2, -0.15) is 13.2 Å². The van der Waals surface area contributed by atoms with E-state index in [1.807, 2.05) is 4.90 Å². The second-order valence-electron chi connectivity index (χ2n) is 8.55. The van der Waals surface area contributed by atoms with Crippen molar-refractivity contribution in [3.8, 4) is 5.75 Å². The van der Waals surface area contributed by atoms with Gasteiger partial charge in [-0.15, -0.1) is 0 Å². The topological polar surface area (TPSA) is 38.8 Å². The third-order valence-electron chi connectivity index (χ3n) is 6.05. The van der Waals surface area contributed by atoms with Crippen LogP contribution < -0.4 is 4.74 Å². The summed E-state index contributed by atoms with van der Waals surface area (Å²) in [5.41, 5.74) is -0.390. The summed E-state index contributed by atoms with van der Waals surface area (Å²) in [6.45, 7) is 0.916. The fraction of sp³-hybridized carbons (Fsp3) is 0.458. The lowest BCUT2D eigenvalue weighted by atomic mass is 10.0. The number of hydrogen-bond acceptors (Lipinski definition) is 4. The summed E-state index contributed by atoms with van der Waals surface area (Å²) < 4.78 is 78.7. The third-order valence-corrected chi connectivity index (χ3v) is 6.05. The summed E-state index contributed by atoms with van der Waals surface area (Å²) in [5.74, 6) is -1.90. The number of nitrogens with zero attached hydrogens (tertiary/aromatic N) is 1. The van der Waals surface area contributed by atoms with Gasteiger partial charge in [-0.25, -0.2) is 13.6 Å². The lowest BCUT2D eigenvalue weighted by Crippen LogP contribution is -2.41. The van der Waals surface area contributed by atoms with Gasteiger partial charge >= 0.3 is 12.1 Å². The number of carbonyl (C=O) groups excluding carboxylic acids is 1. The van der Waals surface area contributed by atoms with Gasteiger partial charge in [0.05, 0.1) is 18.2 Å². The molecule has 1 saturated carbocycles. The quantitative estimate of drug-likeness (QED) is 0.403. The van der Waals surface area contributed by atoms with Gasteiger partial charge in [-0.1, -0.05) is 6.07 Å². The highest BCUT2D eigenvalue weighted by Crippen LogP contribution is 2.45. The number of methoxy groups -OCH3 is 1. The summed E-state index contributed by atoms with van der Waals surface area (Å²) in [6, 6.07) is 5.37. The van der Waals surface area contributed by atoms with E-state index in [0.717, 1.165) is 30.5 Å². The molecule has 0 radical (unpaired) electrons. The Hall–Kier alpha value is -2.68. The number of benzene rings is 2. The first-order valence-corrected chi connectivity index (χ1v) is 10.8. The van der Waals surface area contributed by atoms with Gasteiger partial charge in [0.25, 0.3) is 0 Å². The van der Waals surface area contributed by atoms with Crippen molar-refractivity contribution in [1.29, 1.82) is 0 Å². The van der Waals surface area contributed by atoms with E-state index in [1.54, 1.807) is 0 Å². The first-order chi connectivity index (χ1) is 15.7. The van der Waals surface area contributed by atoms with Gasteiger partial charge in [-0.3, -0.25) is 4.90 Å². The molecule has 0 aromatic heterocycles. The van der Waals surface area contributed by atoms with Crippen LogP contribution in [0.3, 0.4) is 0 Å². The number of ether oxygens (including phenoxy) is 2. The van der Waals surface area contributed by atoms with Crippen LogP contribution in [-0.4, -0.2) is 37.2 Å². The van der Waals surface area contributed by atoms with Crippen molar-refractivity contribution in [1.82, 2.24) is 4.90 Å². The normalized spacial score (nSPS) is 19.4. The van der Waals surface area contributed by atoms with Crippen molar-refractivity contribution in [2.24, 2.45) is 0 Å². The molecule has 1 heterocycles. The summed E-state index contributed by atoms with van der Waals surface area (Å²) in [4.78, 5) is 13.7. The summed E-state index contributed by atoms with van der Waals surface area (Å²) in [6.07, 6.45) is -1.84. The highest BCUT2D eigenvalue weighted by atomic mass is 19.4. The number of halogens is 5. The van der Waals surface area contributed by atoms with Crippen LogP contribution in [0.2, 0.25) is 0 Å². The zero-order valence-corrected chi connectivity index (χ0v) is 18.1. The Morgan fingerprint density at radius 2 is 1.88 bits per heavy atom. The molecule has 0 N–H and O–H groups in total. The minimum Gasteiger partial charge on any atom is -0.489 e. The number of carbonyl (C=O) groups is 1. The Bertz CT molecular complexity index is 1040. The Morgan fingerprint density at radius 1 is 1.12 bits per heavy atom. The van der Waals surface area contributed by atoms with E-state index in [4.69, 9.17) is 4.74 Å². The smallest absolute Gasteiger partial charge is 0.416 e. The summed E-state index contributed by atoms with van der Waals surface area (Å²) >= 11 is 0. The Balaban J connectivity index is 1.50. The fourth-order valence-electron chi connectivity index (χ4n) is 4.28. The van der Waals surface area contributed by atoms with E-state index < -0.39 is 29.3 Å². The highest BCUT2D eigenvalue weighted by Gasteiger charge is 2.35. The Labute approximate surface area is 188 Å². The first kappa shape index (κ1) is 23.5. The molecule has 0 spiro atoms. The second-order valence-corrected chi connectivity index (χ2v) is 8.55. The standard InChI is InChI=1S/C24H24F5NO3/c1-32-23(31)19-10-18(14-4-5-14)22(11-21(19)26)33-17-3-2-8-30(13-17)12-15-6-7-16(25)9-20(15)24(27,28)29/h6-7,9-11,14,17H,2-5,8,12-13H2,1H3. The van der Waals surface area contributed by atoms with Crippen LogP contribution in [0, 0.1) is 11.6 Å². The molecule has 4 nitrogen and oxygen atoms in total. The molecule has 2 aromatic rings. The monoisotopic (exact) mass is 469 g/mol. The molecule has 33 heavy (non-hydrogen) atoms. The van der Waals surface area contributed by atoms with Crippen LogP contribution in [0.1, 0.15) is 58.6 Å². The van der Waals surface area contributed by atoms with E-state index in [1.165, 1.54) is 19.2 Å². The number of likely N-dealkylation sites (tertiary alicyclic amines) is 1. The summed E-state index contributed by atoms with van der Waals surface area (Å²) in [7, 11) is 1.19. The van der Waals surface area contributed by atoms with Crippen molar-refractivity contribution in [3.63, 3.8) is 0 Å². The van der Waals surface area contributed by atoms with Crippen molar-refractivity contribution < 1.29 is 36.2 Å². The lowest BCUT2D eigenvalue weighted by molar-refractivity contribution is -0.138. The molecule has 0 bridgehead atoms. The molecule has 1 aliphatic heterocycles. The van der Waals surface area contributed by atoms with Crippen molar-refractivity contribution in [2.75, 3.05) is 20.2 Å². The van der Waals surface area contributed by atoms with E-state index in [-0.39, 0.29) is 29.7 Å². The zero-order chi connectivity index (χ0) is 23.8. The Morgan fingerprint density at radius 3 is 2.55 bits per heavy atom. The van der Waals surface area contributed by atoms with Gasteiger partial charge in [0, 0.05) is 19.2 Å². The van der Waals surface area contributed by atoms with Crippen LogP contribution >= 0.6 is 0 Å². The molecule has 1 saturated heterocycles. The van der Waals surface area contributed by atoms with Crippen molar-refractivity contribution >= 4 is 5.97 Å². The van der Waals surface area contributed by atoms with Gasteiger partial charge < -0.3 is 9.47 Å². The molecular weight excluding hydrogens is 445 g/mol. The molecule has 1 atom stereocenters. The molecule has 9 heteroatoms. The Kier molecular flexibility index (Phi) is 6.61. The van der Waals surface area contributed by atoms with E-state index in [9.17, 15) is 26.7 Å². The predicted molar refractivity (Wildman–Crippen MR) is 110 cm³/mol. The molecule has 4 rings (SSSR count). The van der Waals surface area contributed by atoms with Crippen LogP contribution in [0.5, 0.6) is 5.75 Å². The number of esters is 1. The molecule has 1 aliphatic carbocycles. The predicted octanol–water partition coefficient (Wildman–Crippen LogP) is 5.69. The van der Waals surface area contributed by atoms with Crippen molar-refractivity contribution in [2.45, 2.75) is 50.4 Å². The summed E-state index contributed by atoms with van der Waals surface area (Å²) in [5, 5.41) is 0. The molecule has 2 aliphatic rings. The van der Waals surface area contributed by atoms with Gasteiger partial charge in [0.2, 0.25) is 0 Å². The van der Waals surface area contributed by atoms with Crippen LogP contribution in [-0.2, 0) is 17.5 Å². The zero-order valence-electron chi connectivity index (χ0n) is 18.1. The number of rotatable bonds is 6. The maximum Gasteiger partial charge on any atom is 0.416 e. The average Bonchev–Trinajstić information content (AvgIpc) is 3.59. The maximum atomic E-state index is 14.5. The fourth-order valence-corrected chi connectivity index (χ4v) is 4.28. The SMILES string of the molecule is COC(=O)c1cc(C2CC2)c(OC2CCCN(Cc3ccc(F)cc3C(F)(F)F)C2)cc1F. The van der Waals surface area contributed by atoms with Gasteiger partial charge in [0.15, 0.2) is 0 Å². The van der Waals surface area contributed by atoms with Crippen LogP contribution in [0.15, 0.2) is 30.3 Å². The molecule has 178 valence electrons. The minimum absolute atomic E-state index is 0.000104. The minimum atomic E-state index is -4.65. The first-order valence-electron chi connectivity index (χ1n) is 10.8. The van der Waals surface area contributed by atoms with E-state index >= 15 is 0 Å². The van der Waals surface area contributed by atoms with Gasteiger partial charge in [-0.05, 0) is 67.5 Å². The highest BCUT2D eigenvalue weighted by molar-refractivity contribution is 5.90. The molecule has 1 unspecified atom stereocenters. The molecule has 0 amide bonds. The largest absolute Gasteiger partial charge is 0.489 e. The molecule has 2 fully saturated rings. The number of alkyl halides is 3. The third kappa shape index (κ3) is 5.46. The van der Waals surface area contributed by atoms with Crippen LogP contribution in [0.4, 0.5) is 22.0 Å². The van der Waals surface area contributed by atoms with E-state index in [0.29, 0.717) is 37.7 Å². The number of hydrogen-bond donors (Lipinski definition) is 0. The molecule has 2 aromatic carbocycles. The maximum absolute atomic E-state index is 14.5. The van der Waals surface area contributed by atoms with Crippen LogP contribution in [0.25, 0.3) is 0 Å². The van der Waals surface area contributed by atoms with Crippen molar-refractivity contribution in [3.05, 3.63) is 64.2 Å².